The van der Waals surface area contributed by atoms with Crippen LogP contribution in [-0.4, -0.2) is 42.7 Å². The summed E-state index contributed by atoms with van der Waals surface area (Å²) in [6.07, 6.45) is 3.40. The predicted octanol–water partition coefficient (Wildman–Crippen LogP) is 2.58. The van der Waals surface area contributed by atoms with Gasteiger partial charge in [0, 0.05) is 23.6 Å². The lowest BCUT2D eigenvalue weighted by Gasteiger charge is -2.48. The third-order valence-electron chi connectivity index (χ3n) is 5.08. The number of benzene rings is 1. The molecule has 1 aliphatic carbocycles. The highest BCUT2D eigenvalue weighted by molar-refractivity contribution is 5.94. The van der Waals surface area contributed by atoms with Crippen LogP contribution >= 0.6 is 0 Å². The first-order chi connectivity index (χ1) is 10.2. The normalized spacial score (nSPS) is 26.1. The number of carbonyl (C=O) groups is 1. The van der Waals surface area contributed by atoms with Crippen molar-refractivity contribution in [1.82, 2.24) is 4.90 Å². The molecule has 4 rings (SSSR count). The zero-order valence-electron chi connectivity index (χ0n) is 12.4. The molecular weight excluding hydrogens is 266 g/mol. The second kappa shape index (κ2) is 4.73. The summed E-state index contributed by atoms with van der Waals surface area (Å²) >= 11 is 0. The van der Waals surface area contributed by atoms with Crippen molar-refractivity contribution in [2.45, 2.75) is 37.7 Å². The standard InChI is InChI=1S/C17H21NO3/c1-12-10-20-15-4-3-13(9-14(12)15)16(19)18-7-8-21-17(11-18)5-2-6-17/h3-4,9,12H,2,5-8,10-11H2,1H3/t12-/m0/s1. The van der Waals surface area contributed by atoms with Gasteiger partial charge in [-0.05, 0) is 37.5 Å². The van der Waals surface area contributed by atoms with Crippen LogP contribution in [0.1, 0.15) is 48.0 Å². The molecule has 4 heteroatoms. The Morgan fingerprint density at radius 1 is 1.38 bits per heavy atom. The Hall–Kier alpha value is -1.55. The Labute approximate surface area is 125 Å². The Kier molecular flexibility index (Phi) is 2.96. The topological polar surface area (TPSA) is 38.8 Å². The van der Waals surface area contributed by atoms with E-state index < -0.39 is 0 Å². The molecule has 0 N–H and O–H groups in total. The molecule has 0 bridgehead atoms. The number of hydrogen-bond donors (Lipinski definition) is 0. The van der Waals surface area contributed by atoms with E-state index in [2.05, 4.69) is 6.92 Å². The molecular formula is C17H21NO3. The fourth-order valence-corrected chi connectivity index (χ4v) is 3.58. The first-order valence-electron chi connectivity index (χ1n) is 7.87. The largest absolute Gasteiger partial charge is 0.493 e. The summed E-state index contributed by atoms with van der Waals surface area (Å²) in [5.41, 5.74) is 1.90. The molecule has 0 radical (unpaired) electrons. The third kappa shape index (κ3) is 2.13. The van der Waals surface area contributed by atoms with E-state index in [0.29, 0.717) is 25.7 Å². The predicted molar refractivity (Wildman–Crippen MR) is 78.8 cm³/mol. The minimum Gasteiger partial charge on any atom is -0.493 e. The molecule has 1 saturated carbocycles. The molecule has 3 aliphatic rings. The lowest BCUT2D eigenvalue weighted by molar-refractivity contribution is -0.142. The highest BCUT2D eigenvalue weighted by Crippen LogP contribution is 2.39. The Balaban J connectivity index is 1.56. The van der Waals surface area contributed by atoms with Crippen molar-refractivity contribution in [3.05, 3.63) is 29.3 Å². The van der Waals surface area contributed by atoms with Crippen molar-refractivity contribution >= 4 is 5.91 Å². The van der Waals surface area contributed by atoms with E-state index in [0.717, 1.165) is 36.3 Å². The lowest BCUT2D eigenvalue weighted by atomic mass is 9.78. The summed E-state index contributed by atoms with van der Waals surface area (Å²) in [7, 11) is 0. The fraction of sp³-hybridized carbons (Fsp3) is 0.588. The summed E-state index contributed by atoms with van der Waals surface area (Å²) in [6, 6.07) is 5.84. The van der Waals surface area contributed by atoms with Gasteiger partial charge >= 0.3 is 0 Å². The van der Waals surface area contributed by atoms with Crippen molar-refractivity contribution in [3.8, 4) is 5.75 Å². The van der Waals surface area contributed by atoms with Crippen LogP contribution in [0.5, 0.6) is 5.75 Å². The van der Waals surface area contributed by atoms with Crippen LogP contribution in [0.3, 0.4) is 0 Å². The quantitative estimate of drug-likeness (QED) is 0.797. The number of rotatable bonds is 1. The summed E-state index contributed by atoms with van der Waals surface area (Å²) in [6.45, 7) is 4.96. The summed E-state index contributed by atoms with van der Waals surface area (Å²) in [5.74, 6) is 1.43. The number of carbonyl (C=O) groups excluding carboxylic acids is 1. The number of hydrogen-bond acceptors (Lipinski definition) is 3. The molecule has 2 heterocycles. The van der Waals surface area contributed by atoms with E-state index in [4.69, 9.17) is 9.47 Å². The van der Waals surface area contributed by atoms with Gasteiger partial charge in [0.25, 0.3) is 5.91 Å². The summed E-state index contributed by atoms with van der Waals surface area (Å²) in [5, 5.41) is 0. The van der Waals surface area contributed by atoms with Crippen molar-refractivity contribution in [3.63, 3.8) is 0 Å². The summed E-state index contributed by atoms with van der Waals surface area (Å²) in [4.78, 5) is 14.7. The van der Waals surface area contributed by atoms with Crippen molar-refractivity contribution in [2.24, 2.45) is 0 Å². The lowest BCUT2D eigenvalue weighted by Crippen LogP contribution is -2.57. The fourth-order valence-electron chi connectivity index (χ4n) is 3.58. The second-order valence-electron chi connectivity index (χ2n) is 6.58. The average molecular weight is 287 g/mol. The van der Waals surface area contributed by atoms with Crippen LogP contribution in [0.25, 0.3) is 0 Å². The maximum absolute atomic E-state index is 12.8. The maximum Gasteiger partial charge on any atom is 0.254 e. The van der Waals surface area contributed by atoms with E-state index in [1.165, 1.54) is 6.42 Å². The number of fused-ring (bicyclic) bond motifs is 1. The molecule has 21 heavy (non-hydrogen) atoms. The van der Waals surface area contributed by atoms with E-state index in [1.807, 2.05) is 23.1 Å². The molecule has 1 spiro atoms. The monoisotopic (exact) mass is 287 g/mol. The number of nitrogens with zero attached hydrogens (tertiary/aromatic N) is 1. The van der Waals surface area contributed by atoms with Crippen molar-refractivity contribution < 1.29 is 14.3 Å². The molecule has 2 fully saturated rings. The maximum atomic E-state index is 12.8. The molecule has 1 atom stereocenters. The molecule has 0 aromatic heterocycles. The van der Waals surface area contributed by atoms with Gasteiger partial charge in [-0.25, -0.2) is 0 Å². The molecule has 1 aromatic rings. The first-order valence-corrected chi connectivity index (χ1v) is 7.87. The Bertz CT molecular complexity index is 579. The van der Waals surface area contributed by atoms with Gasteiger partial charge in [-0.15, -0.1) is 0 Å². The molecule has 4 nitrogen and oxygen atoms in total. The number of ether oxygens (including phenoxy) is 2. The molecule has 2 aliphatic heterocycles. The van der Waals surface area contributed by atoms with Gasteiger partial charge in [-0.2, -0.15) is 0 Å². The molecule has 1 amide bonds. The average Bonchev–Trinajstić information content (AvgIpc) is 2.86. The van der Waals surface area contributed by atoms with Crippen molar-refractivity contribution in [2.75, 3.05) is 26.3 Å². The zero-order chi connectivity index (χ0) is 14.4. The van der Waals surface area contributed by atoms with E-state index in [9.17, 15) is 4.79 Å². The minimum atomic E-state index is -0.0406. The Morgan fingerprint density at radius 3 is 3.00 bits per heavy atom. The van der Waals surface area contributed by atoms with Crippen LogP contribution in [0.15, 0.2) is 18.2 Å². The molecule has 1 aromatic carbocycles. The smallest absolute Gasteiger partial charge is 0.254 e. The second-order valence-corrected chi connectivity index (χ2v) is 6.58. The number of morpholine rings is 1. The Morgan fingerprint density at radius 2 is 2.24 bits per heavy atom. The van der Waals surface area contributed by atoms with E-state index >= 15 is 0 Å². The van der Waals surface area contributed by atoms with Gasteiger partial charge in [-0.3, -0.25) is 4.79 Å². The first kappa shape index (κ1) is 13.1. The van der Waals surface area contributed by atoms with Crippen molar-refractivity contribution in [1.29, 1.82) is 0 Å². The highest BCUT2D eigenvalue weighted by Gasteiger charge is 2.43. The van der Waals surface area contributed by atoms with Crippen LogP contribution < -0.4 is 4.74 Å². The van der Waals surface area contributed by atoms with Gasteiger partial charge in [0.05, 0.1) is 25.4 Å². The molecule has 112 valence electrons. The van der Waals surface area contributed by atoms with Crippen LogP contribution in [0.2, 0.25) is 0 Å². The highest BCUT2D eigenvalue weighted by atomic mass is 16.5. The minimum absolute atomic E-state index is 0.0406. The van der Waals surface area contributed by atoms with Crippen LogP contribution in [0.4, 0.5) is 0 Å². The number of amides is 1. The third-order valence-corrected chi connectivity index (χ3v) is 5.08. The van der Waals surface area contributed by atoms with Gasteiger partial charge in [0.15, 0.2) is 0 Å². The SMILES string of the molecule is C[C@H]1COc2ccc(C(=O)N3CCOC4(CCC4)C3)cc21. The van der Waals surface area contributed by atoms with Gasteiger partial charge < -0.3 is 14.4 Å². The van der Waals surface area contributed by atoms with Gasteiger partial charge in [-0.1, -0.05) is 6.92 Å². The summed E-state index contributed by atoms with van der Waals surface area (Å²) < 4.78 is 11.5. The van der Waals surface area contributed by atoms with E-state index in [-0.39, 0.29) is 11.5 Å². The van der Waals surface area contributed by atoms with E-state index in [1.54, 1.807) is 0 Å². The van der Waals surface area contributed by atoms with Crippen LogP contribution in [-0.2, 0) is 4.74 Å². The van der Waals surface area contributed by atoms with Crippen LogP contribution in [0, 0.1) is 0 Å². The van der Waals surface area contributed by atoms with Gasteiger partial charge in [0.2, 0.25) is 0 Å². The van der Waals surface area contributed by atoms with Gasteiger partial charge in [0.1, 0.15) is 5.75 Å². The zero-order valence-corrected chi connectivity index (χ0v) is 12.4. The molecule has 1 saturated heterocycles. The molecule has 0 unspecified atom stereocenters.